The summed E-state index contributed by atoms with van der Waals surface area (Å²) in [5.41, 5.74) is 1.79. The third kappa shape index (κ3) is 4.42. The number of hydrogen-bond acceptors (Lipinski definition) is 5. The highest BCUT2D eigenvalue weighted by atomic mass is 32.1. The molecule has 4 rings (SSSR count). The zero-order chi connectivity index (χ0) is 22.2. The van der Waals surface area contributed by atoms with Gasteiger partial charge in [-0.05, 0) is 51.1 Å². The highest BCUT2D eigenvalue weighted by molar-refractivity contribution is 7.10. The van der Waals surface area contributed by atoms with Crippen LogP contribution in [0.5, 0.6) is 0 Å². The molecule has 7 heteroatoms. The molecule has 3 heterocycles. The van der Waals surface area contributed by atoms with Gasteiger partial charge in [0.05, 0.1) is 18.3 Å². The van der Waals surface area contributed by atoms with Gasteiger partial charge in [0.25, 0.3) is 5.56 Å². The second-order valence-corrected chi connectivity index (χ2v) is 9.72. The summed E-state index contributed by atoms with van der Waals surface area (Å²) in [6.07, 6.45) is 0.0923. The van der Waals surface area contributed by atoms with Crippen molar-refractivity contribution in [1.82, 2.24) is 14.5 Å². The minimum absolute atomic E-state index is 0.0337. The van der Waals surface area contributed by atoms with E-state index in [4.69, 9.17) is 9.72 Å². The first kappa shape index (κ1) is 21.3. The maximum atomic E-state index is 13.6. The van der Waals surface area contributed by atoms with Gasteiger partial charge in [0, 0.05) is 17.0 Å². The predicted molar refractivity (Wildman–Crippen MR) is 122 cm³/mol. The van der Waals surface area contributed by atoms with Gasteiger partial charge < -0.3 is 9.64 Å². The smallest absolute Gasteiger partial charge is 0.410 e. The van der Waals surface area contributed by atoms with Gasteiger partial charge in [-0.2, -0.15) is 0 Å². The quantitative estimate of drug-likeness (QED) is 0.603. The van der Waals surface area contributed by atoms with Gasteiger partial charge in [0.2, 0.25) is 0 Å². The minimum atomic E-state index is -0.562. The molecule has 31 heavy (non-hydrogen) atoms. The van der Waals surface area contributed by atoms with E-state index in [0.717, 1.165) is 10.4 Å². The number of carbonyl (C=O) groups excluding carboxylic acids is 1. The number of benzene rings is 1. The van der Waals surface area contributed by atoms with Crippen molar-refractivity contribution >= 4 is 17.4 Å². The Bertz CT molecular complexity index is 1130. The van der Waals surface area contributed by atoms with Gasteiger partial charge in [0.15, 0.2) is 0 Å². The van der Waals surface area contributed by atoms with E-state index in [-0.39, 0.29) is 24.2 Å². The molecule has 3 aromatic rings. The number of nitrogens with zero attached hydrogens (tertiary/aromatic N) is 3. The van der Waals surface area contributed by atoms with Crippen LogP contribution in [0.2, 0.25) is 0 Å². The van der Waals surface area contributed by atoms with E-state index in [1.165, 1.54) is 0 Å². The number of amides is 1. The molecule has 2 aromatic heterocycles. The van der Waals surface area contributed by atoms with Crippen LogP contribution >= 0.6 is 11.3 Å². The molecule has 0 fully saturated rings. The molecule has 1 aromatic carbocycles. The fourth-order valence-corrected chi connectivity index (χ4v) is 4.77. The van der Waals surface area contributed by atoms with E-state index < -0.39 is 5.60 Å². The first-order valence-corrected chi connectivity index (χ1v) is 11.3. The highest BCUT2D eigenvalue weighted by Crippen LogP contribution is 2.30. The summed E-state index contributed by atoms with van der Waals surface area (Å²) in [5.74, 6) is 0.636. The number of rotatable bonds is 3. The summed E-state index contributed by atoms with van der Waals surface area (Å²) in [6, 6.07) is 13.9. The molecule has 1 atom stereocenters. The number of hydrogen-bond donors (Lipinski definition) is 0. The Morgan fingerprint density at radius 3 is 2.55 bits per heavy atom. The third-order valence-electron chi connectivity index (χ3n) is 5.28. The Labute approximate surface area is 186 Å². The Kier molecular flexibility index (Phi) is 5.71. The molecular formula is C24H27N3O3S. The van der Waals surface area contributed by atoms with Crippen molar-refractivity contribution < 1.29 is 9.53 Å². The SMILES string of the molecule is Cc1nc2c(c(=O)n1C(c1ccccc1)c1cccs1)CCN(C(=O)OC(C)(C)C)C2. The van der Waals surface area contributed by atoms with Crippen LogP contribution in [0.15, 0.2) is 52.6 Å². The molecule has 0 spiro atoms. The number of aromatic nitrogens is 2. The maximum Gasteiger partial charge on any atom is 0.410 e. The van der Waals surface area contributed by atoms with Crippen LogP contribution in [-0.4, -0.2) is 32.7 Å². The van der Waals surface area contributed by atoms with Gasteiger partial charge in [0.1, 0.15) is 11.4 Å². The van der Waals surface area contributed by atoms with Crippen molar-refractivity contribution in [3.8, 4) is 0 Å². The standard InChI is InChI=1S/C24H27N3O3S/c1-16-25-19-15-26(23(29)30-24(2,3)4)13-12-18(19)22(28)27(16)21(20-11-8-14-31-20)17-9-6-5-7-10-17/h5-11,14,21H,12-13,15H2,1-4H3. The lowest BCUT2D eigenvalue weighted by Gasteiger charge is -2.31. The van der Waals surface area contributed by atoms with Crippen molar-refractivity contribution in [3.05, 3.63) is 85.7 Å². The van der Waals surface area contributed by atoms with Crippen LogP contribution in [0.25, 0.3) is 0 Å². The van der Waals surface area contributed by atoms with Crippen LogP contribution in [0, 0.1) is 6.92 Å². The predicted octanol–water partition coefficient (Wildman–Crippen LogP) is 4.54. The minimum Gasteiger partial charge on any atom is -0.444 e. The Balaban J connectivity index is 1.74. The molecule has 1 amide bonds. The van der Waals surface area contributed by atoms with Crippen molar-refractivity contribution in [2.75, 3.05) is 6.54 Å². The van der Waals surface area contributed by atoms with Crippen molar-refractivity contribution in [3.63, 3.8) is 0 Å². The summed E-state index contributed by atoms with van der Waals surface area (Å²) < 4.78 is 7.29. The third-order valence-corrected chi connectivity index (χ3v) is 6.21. The number of ether oxygens (including phenoxy) is 1. The molecule has 162 valence electrons. The second-order valence-electron chi connectivity index (χ2n) is 8.74. The lowest BCUT2D eigenvalue weighted by Crippen LogP contribution is -2.43. The molecule has 0 N–H and O–H groups in total. The van der Waals surface area contributed by atoms with Gasteiger partial charge in [-0.3, -0.25) is 9.36 Å². The van der Waals surface area contributed by atoms with E-state index in [1.54, 1.807) is 20.8 Å². The lowest BCUT2D eigenvalue weighted by atomic mass is 10.0. The highest BCUT2D eigenvalue weighted by Gasteiger charge is 2.30. The number of aryl methyl sites for hydroxylation is 1. The summed E-state index contributed by atoms with van der Waals surface area (Å²) in [4.78, 5) is 33.6. The summed E-state index contributed by atoms with van der Waals surface area (Å²) in [5, 5.41) is 2.02. The van der Waals surface area contributed by atoms with Gasteiger partial charge in [-0.15, -0.1) is 11.3 Å². The fourth-order valence-electron chi connectivity index (χ4n) is 3.93. The average Bonchev–Trinajstić information content (AvgIpc) is 3.24. The van der Waals surface area contributed by atoms with Crippen LogP contribution < -0.4 is 5.56 Å². The lowest BCUT2D eigenvalue weighted by molar-refractivity contribution is 0.0219. The molecule has 0 radical (unpaired) electrons. The Morgan fingerprint density at radius 2 is 1.90 bits per heavy atom. The van der Waals surface area contributed by atoms with Gasteiger partial charge in [-0.25, -0.2) is 9.78 Å². The average molecular weight is 438 g/mol. The van der Waals surface area contributed by atoms with E-state index in [2.05, 4.69) is 6.07 Å². The van der Waals surface area contributed by atoms with Crippen molar-refractivity contribution in [2.24, 2.45) is 0 Å². The molecule has 0 saturated carbocycles. The van der Waals surface area contributed by atoms with E-state index in [0.29, 0.717) is 30.0 Å². The monoisotopic (exact) mass is 437 g/mol. The van der Waals surface area contributed by atoms with Gasteiger partial charge in [-0.1, -0.05) is 36.4 Å². The number of thiophene rings is 1. The zero-order valence-corrected chi connectivity index (χ0v) is 19.1. The Morgan fingerprint density at radius 1 is 1.16 bits per heavy atom. The molecule has 1 aliphatic rings. The van der Waals surface area contributed by atoms with Crippen LogP contribution in [-0.2, 0) is 17.7 Å². The second kappa shape index (κ2) is 8.30. The molecule has 0 aliphatic carbocycles. The van der Waals surface area contributed by atoms with E-state index in [1.807, 2.05) is 69.5 Å². The van der Waals surface area contributed by atoms with Crippen LogP contribution in [0.4, 0.5) is 4.79 Å². The molecule has 0 bridgehead atoms. The van der Waals surface area contributed by atoms with Crippen molar-refractivity contribution in [2.45, 2.75) is 52.3 Å². The molecule has 1 aliphatic heterocycles. The largest absolute Gasteiger partial charge is 0.444 e. The summed E-state index contributed by atoms with van der Waals surface area (Å²) >= 11 is 1.63. The van der Waals surface area contributed by atoms with E-state index >= 15 is 0 Å². The van der Waals surface area contributed by atoms with Crippen molar-refractivity contribution in [1.29, 1.82) is 0 Å². The molecular weight excluding hydrogens is 410 g/mol. The molecule has 0 saturated heterocycles. The van der Waals surface area contributed by atoms with Crippen LogP contribution in [0.3, 0.4) is 0 Å². The van der Waals surface area contributed by atoms with E-state index in [9.17, 15) is 9.59 Å². The first-order valence-electron chi connectivity index (χ1n) is 10.4. The maximum absolute atomic E-state index is 13.6. The fraction of sp³-hybridized carbons (Fsp3) is 0.375. The first-order chi connectivity index (χ1) is 14.7. The molecule has 1 unspecified atom stereocenters. The summed E-state index contributed by atoms with van der Waals surface area (Å²) in [7, 11) is 0. The number of fused-ring (bicyclic) bond motifs is 1. The normalized spacial score (nSPS) is 14.8. The topological polar surface area (TPSA) is 64.4 Å². The Hall–Kier alpha value is -2.93. The number of carbonyl (C=O) groups is 1. The van der Waals surface area contributed by atoms with Crippen LogP contribution in [0.1, 0.15) is 54.3 Å². The molecule has 6 nitrogen and oxygen atoms in total. The summed E-state index contributed by atoms with van der Waals surface area (Å²) in [6.45, 7) is 8.12. The zero-order valence-electron chi connectivity index (χ0n) is 18.3. The van der Waals surface area contributed by atoms with Gasteiger partial charge >= 0.3 is 6.09 Å².